The minimum atomic E-state index is 0. The summed E-state index contributed by atoms with van der Waals surface area (Å²) in [6.45, 7) is 0. The number of aromatic nitrogens is 4. The van der Waals surface area contributed by atoms with Crippen molar-refractivity contribution in [2.75, 3.05) is 0 Å². The van der Waals surface area contributed by atoms with Gasteiger partial charge >= 0.3 is 6.19 Å². The predicted octanol–water partition coefficient (Wildman–Crippen LogP) is -4.57. The van der Waals surface area contributed by atoms with E-state index in [9.17, 15) is 0 Å². The molecule has 5 nitrogen and oxygen atoms in total. The first-order valence-corrected chi connectivity index (χ1v) is 1.61. The van der Waals surface area contributed by atoms with Crippen LogP contribution >= 0.6 is 0 Å². The van der Waals surface area contributed by atoms with Crippen LogP contribution in [-0.2, 0) is 0 Å². The molecule has 1 aromatic heterocycles. The van der Waals surface area contributed by atoms with Gasteiger partial charge in [0.15, 0.2) is 0 Å². The molecule has 0 atom stereocenters. The second-order valence-electron chi connectivity index (χ2n) is 0.901. The highest BCUT2D eigenvalue weighted by Gasteiger charge is 1.89. The topological polar surface area (TPSA) is 69.2 Å². The quantitative estimate of drug-likeness (QED) is 0.361. The molecule has 0 aliphatic heterocycles. The molecule has 0 saturated carbocycles. The highest BCUT2D eigenvalue weighted by Crippen LogP contribution is 1.44. The Morgan fingerprint density at radius 2 is 2.50 bits per heavy atom. The first-order chi connectivity index (χ1) is 3.43. The summed E-state index contributed by atoms with van der Waals surface area (Å²) in [6.07, 6.45) is 3.02. The number of nitrogens with zero attached hydrogens (tertiary/aromatic N) is 4. The van der Waals surface area contributed by atoms with E-state index < -0.39 is 0 Å². The molecule has 1 rings (SSSR count). The molecule has 1 heterocycles. The summed E-state index contributed by atoms with van der Waals surface area (Å²) in [7, 11) is 0. The lowest BCUT2D eigenvalue weighted by Crippen LogP contribution is -3.00. The van der Waals surface area contributed by atoms with E-state index in [1.54, 1.807) is 6.19 Å². The minimum Gasteiger partial charge on any atom is -1.00 e. The molecule has 0 spiro atoms. The summed E-state index contributed by atoms with van der Waals surface area (Å²) in [5.41, 5.74) is 0. The lowest BCUT2D eigenvalue weighted by Gasteiger charge is -1.60. The lowest BCUT2D eigenvalue weighted by atomic mass is 11.2. The average Bonchev–Trinajstić information content (AvgIpc) is 2.14. The van der Waals surface area contributed by atoms with Crippen LogP contribution in [0, 0.1) is 11.5 Å². The predicted molar refractivity (Wildman–Crippen MR) is 17.6 cm³/mol. The van der Waals surface area contributed by atoms with Crippen LogP contribution in [-0.4, -0.2) is 15.5 Å². The summed E-state index contributed by atoms with van der Waals surface area (Å²) >= 11 is 0. The van der Waals surface area contributed by atoms with Crippen LogP contribution in [0.1, 0.15) is 0 Å². The van der Waals surface area contributed by atoms with Gasteiger partial charge in [-0.15, -0.1) is 0 Å². The molecular weight excluding hydrogens is 130 g/mol. The third-order valence-corrected chi connectivity index (χ3v) is 0.485. The molecule has 1 aromatic rings. The molecule has 1 N–H and O–H groups in total. The van der Waals surface area contributed by atoms with Gasteiger partial charge in [0.1, 0.15) is 5.21 Å². The molecule has 0 radical (unpaired) electrons. The average molecular weight is 132 g/mol. The molecule has 6 heteroatoms. The largest absolute Gasteiger partial charge is 1.00 e. The molecule has 0 fully saturated rings. The summed E-state index contributed by atoms with van der Waals surface area (Å²) in [5.74, 6) is 0. The monoisotopic (exact) mass is 131 g/mol. The minimum absolute atomic E-state index is 0. The fourth-order valence-electron chi connectivity index (χ4n) is 0.225. The Hall–Kier alpha value is -1.15. The Morgan fingerprint density at radius 3 is 2.75 bits per heavy atom. The lowest BCUT2D eigenvalue weighted by molar-refractivity contribution is -0.651. The standard InChI is InChI=1S/C2HN5.ClH/c3-1-7-2-4-5-6-7;/h2H;1H. The van der Waals surface area contributed by atoms with Crippen LogP contribution in [0.25, 0.3) is 0 Å². The zero-order valence-electron chi connectivity index (χ0n) is 3.74. The van der Waals surface area contributed by atoms with Gasteiger partial charge in [-0.2, -0.15) is 0 Å². The Kier molecular flexibility index (Phi) is 2.51. The maximum atomic E-state index is 8.03. The molecule has 0 saturated heterocycles. The van der Waals surface area contributed by atoms with E-state index >= 15 is 0 Å². The van der Waals surface area contributed by atoms with Crippen molar-refractivity contribution in [3.8, 4) is 6.19 Å². The van der Waals surface area contributed by atoms with Gasteiger partial charge in [-0.1, -0.05) is 9.90 Å². The molecule has 42 valence electrons. The van der Waals surface area contributed by atoms with Crippen molar-refractivity contribution in [2.45, 2.75) is 0 Å². The van der Waals surface area contributed by atoms with Crippen LogP contribution in [0.5, 0.6) is 0 Å². The molecule has 0 bridgehead atoms. The van der Waals surface area contributed by atoms with Crippen molar-refractivity contribution >= 4 is 0 Å². The highest BCUT2D eigenvalue weighted by molar-refractivity contribution is 4.37. The second kappa shape index (κ2) is 2.93. The van der Waals surface area contributed by atoms with Gasteiger partial charge in [0.25, 0.3) is 6.33 Å². The van der Waals surface area contributed by atoms with E-state index in [-0.39, 0.29) is 12.4 Å². The van der Waals surface area contributed by atoms with E-state index in [1.807, 2.05) is 0 Å². The SMILES string of the molecule is N#C[n+]1cnn[nH]1.[Cl-]. The zero-order chi connectivity index (χ0) is 5.11. The van der Waals surface area contributed by atoms with E-state index in [0.29, 0.717) is 0 Å². The van der Waals surface area contributed by atoms with Crippen molar-refractivity contribution in [3.05, 3.63) is 6.33 Å². The van der Waals surface area contributed by atoms with Gasteiger partial charge in [-0.3, -0.25) is 0 Å². The second-order valence-corrected chi connectivity index (χ2v) is 0.901. The van der Waals surface area contributed by atoms with E-state index in [0.717, 1.165) is 4.68 Å². The number of hydrogen-bond donors (Lipinski definition) is 1. The van der Waals surface area contributed by atoms with Gasteiger partial charge in [-0.05, 0) is 5.26 Å². The molecule has 0 aromatic carbocycles. The van der Waals surface area contributed by atoms with Crippen molar-refractivity contribution in [3.63, 3.8) is 0 Å². The van der Waals surface area contributed by atoms with Gasteiger partial charge in [-0.25, -0.2) is 0 Å². The number of nitrogens with one attached hydrogen (secondary N) is 1. The fraction of sp³-hybridized carbons (Fsp3) is 0. The van der Waals surface area contributed by atoms with Gasteiger partial charge in [0.05, 0.1) is 0 Å². The molecule has 0 amide bonds. The Labute approximate surface area is 51.3 Å². The molecule has 0 aliphatic rings. The Morgan fingerprint density at radius 1 is 1.75 bits per heavy atom. The molecule has 0 unspecified atom stereocenters. The van der Waals surface area contributed by atoms with Crippen LogP contribution in [0.2, 0.25) is 0 Å². The maximum absolute atomic E-state index is 8.03. The number of nitriles is 1. The maximum Gasteiger partial charge on any atom is 0.349 e. The normalized spacial score (nSPS) is 6.88. The van der Waals surface area contributed by atoms with Crippen molar-refractivity contribution in [2.24, 2.45) is 0 Å². The summed E-state index contributed by atoms with van der Waals surface area (Å²) in [6, 6.07) is 0. The highest BCUT2D eigenvalue weighted by atomic mass is 35.5. The van der Waals surface area contributed by atoms with Crippen molar-refractivity contribution in [1.29, 1.82) is 5.26 Å². The molecular formula is C2H2ClN5. The third kappa shape index (κ3) is 1.17. The molecule has 0 aliphatic carbocycles. The van der Waals surface area contributed by atoms with Crippen molar-refractivity contribution < 1.29 is 17.1 Å². The Balaban J connectivity index is 0.000000490. The number of tetrazole rings is 1. The fourth-order valence-corrected chi connectivity index (χ4v) is 0.225. The van der Waals surface area contributed by atoms with Gasteiger partial charge in [0, 0.05) is 5.10 Å². The van der Waals surface area contributed by atoms with Crippen LogP contribution < -0.4 is 17.1 Å². The Bertz CT molecular complexity index is 173. The molecule has 8 heavy (non-hydrogen) atoms. The van der Waals surface area contributed by atoms with Crippen LogP contribution in [0.15, 0.2) is 6.33 Å². The van der Waals surface area contributed by atoms with Gasteiger partial charge in [0.2, 0.25) is 0 Å². The first kappa shape index (κ1) is 6.85. The summed E-state index contributed by atoms with van der Waals surface area (Å²) < 4.78 is 1.08. The number of aromatic amines is 1. The smallest absolute Gasteiger partial charge is 0.349 e. The van der Waals surface area contributed by atoms with E-state index in [4.69, 9.17) is 5.26 Å². The number of halogens is 1. The first-order valence-electron chi connectivity index (χ1n) is 1.61. The van der Waals surface area contributed by atoms with E-state index in [2.05, 4.69) is 15.5 Å². The number of rotatable bonds is 0. The summed E-state index contributed by atoms with van der Waals surface area (Å²) in [5, 5.41) is 16.9. The van der Waals surface area contributed by atoms with E-state index in [1.165, 1.54) is 6.33 Å². The number of H-pyrrole nitrogens is 1. The number of hydrogen-bond acceptors (Lipinski definition) is 3. The van der Waals surface area contributed by atoms with Gasteiger partial charge < -0.3 is 12.4 Å². The van der Waals surface area contributed by atoms with Crippen LogP contribution in [0.4, 0.5) is 0 Å². The van der Waals surface area contributed by atoms with Crippen molar-refractivity contribution in [1.82, 2.24) is 15.5 Å². The summed E-state index contributed by atoms with van der Waals surface area (Å²) in [4.78, 5) is 0. The van der Waals surface area contributed by atoms with Crippen LogP contribution in [0.3, 0.4) is 0 Å². The zero-order valence-corrected chi connectivity index (χ0v) is 4.50. The third-order valence-electron chi connectivity index (χ3n) is 0.485.